The summed E-state index contributed by atoms with van der Waals surface area (Å²) in [6, 6.07) is 12.4. The van der Waals surface area contributed by atoms with Crippen molar-refractivity contribution in [3.8, 4) is 0 Å². The maximum Gasteiger partial charge on any atom is 0.317 e. The monoisotopic (exact) mass is 331 g/mol. The Hall–Kier alpha value is -1.85. The van der Waals surface area contributed by atoms with Gasteiger partial charge in [-0.05, 0) is 43.6 Å². The van der Waals surface area contributed by atoms with Crippen LogP contribution in [-0.2, 0) is 19.6 Å². The number of carbonyl (C=O) groups is 1. The summed E-state index contributed by atoms with van der Waals surface area (Å²) >= 11 is 1.68. The molecule has 0 saturated heterocycles. The predicted octanol–water partition coefficient (Wildman–Crippen LogP) is 3.54. The molecule has 0 spiro atoms. The molecule has 0 fully saturated rings. The molecular formula is C18H25N3OS. The number of hydrogen-bond donors (Lipinski definition) is 1. The highest BCUT2D eigenvalue weighted by Gasteiger charge is 2.12. The molecule has 23 heavy (non-hydrogen) atoms. The van der Waals surface area contributed by atoms with E-state index in [4.69, 9.17) is 0 Å². The van der Waals surface area contributed by atoms with Crippen molar-refractivity contribution in [1.82, 2.24) is 15.1 Å². The van der Waals surface area contributed by atoms with Crippen molar-refractivity contribution in [2.24, 2.45) is 0 Å². The maximum absolute atomic E-state index is 12.3. The average Bonchev–Trinajstić information content (AvgIpc) is 3.04. The van der Waals surface area contributed by atoms with Gasteiger partial charge < -0.3 is 15.1 Å². The lowest BCUT2D eigenvalue weighted by atomic mass is 10.1. The van der Waals surface area contributed by atoms with Crippen molar-refractivity contribution in [3.63, 3.8) is 0 Å². The number of nitrogens with one attached hydrogen (secondary N) is 1. The lowest BCUT2D eigenvalue weighted by molar-refractivity contribution is 0.198. The van der Waals surface area contributed by atoms with Gasteiger partial charge in [-0.15, -0.1) is 11.3 Å². The zero-order valence-electron chi connectivity index (χ0n) is 14.1. The SMILES string of the molecule is CCN(Cc1cccs1)C(=O)NCc1ccc(CN(C)C)cc1. The first kappa shape index (κ1) is 17.5. The third-order valence-electron chi connectivity index (χ3n) is 3.56. The van der Waals surface area contributed by atoms with E-state index < -0.39 is 0 Å². The molecule has 0 aliphatic carbocycles. The van der Waals surface area contributed by atoms with Gasteiger partial charge in [0.25, 0.3) is 0 Å². The van der Waals surface area contributed by atoms with Crippen LogP contribution in [0.25, 0.3) is 0 Å². The lowest BCUT2D eigenvalue weighted by Crippen LogP contribution is -2.38. The smallest absolute Gasteiger partial charge is 0.317 e. The summed E-state index contributed by atoms with van der Waals surface area (Å²) in [6.45, 7) is 4.86. The Balaban J connectivity index is 1.85. The van der Waals surface area contributed by atoms with E-state index in [0.29, 0.717) is 19.6 Å². The Morgan fingerprint density at radius 2 is 1.78 bits per heavy atom. The van der Waals surface area contributed by atoms with Gasteiger partial charge in [-0.3, -0.25) is 0 Å². The molecule has 0 unspecified atom stereocenters. The minimum Gasteiger partial charge on any atom is -0.334 e. The van der Waals surface area contributed by atoms with Crippen LogP contribution in [0.2, 0.25) is 0 Å². The Morgan fingerprint density at radius 1 is 1.09 bits per heavy atom. The fourth-order valence-electron chi connectivity index (χ4n) is 2.34. The molecule has 124 valence electrons. The molecule has 2 aromatic rings. The molecule has 1 aromatic heterocycles. The summed E-state index contributed by atoms with van der Waals surface area (Å²) in [5.41, 5.74) is 2.39. The summed E-state index contributed by atoms with van der Waals surface area (Å²) in [7, 11) is 4.11. The number of amides is 2. The molecule has 0 aliphatic rings. The van der Waals surface area contributed by atoms with E-state index in [-0.39, 0.29) is 6.03 Å². The van der Waals surface area contributed by atoms with E-state index in [2.05, 4.69) is 54.6 Å². The fraction of sp³-hybridized carbons (Fsp3) is 0.389. The van der Waals surface area contributed by atoms with Crippen molar-refractivity contribution in [3.05, 3.63) is 57.8 Å². The largest absolute Gasteiger partial charge is 0.334 e. The van der Waals surface area contributed by atoms with E-state index in [1.54, 1.807) is 11.3 Å². The molecule has 2 rings (SSSR count). The van der Waals surface area contributed by atoms with Crippen LogP contribution in [0.15, 0.2) is 41.8 Å². The highest BCUT2D eigenvalue weighted by Crippen LogP contribution is 2.12. The highest BCUT2D eigenvalue weighted by molar-refractivity contribution is 7.09. The van der Waals surface area contributed by atoms with Gasteiger partial charge in [-0.1, -0.05) is 30.3 Å². The summed E-state index contributed by atoms with van der Waals surface area (Å²) < 4.78 is 0. The Morgan fingerprint density at radius 3 is 2.35 bits per heavy atom. The molecular weight excluding hydrogens is 306 g/mol. The molecule has 1 heterocycles. The summed E-state index contributed by atoms with van der Waals surface area (Å²) in [5.74, 6) is 0. The number of thiophene rings is 1. The van der Waals surface area contributed by atoms with Gasteiger partial charge in [-0.25, -0.2) is 4.79 Å². The minimum atomic E-state index is -0.0155. The van der Waals surface area contributed by atoms with Gasteiger partial charge in [0.2, 0.25) is 0 Å². The Bertz CT molecular complexity index is 593. The second kappa shape index (κ2) is 8.70. The van der Waals surface area contributed by atoms with Gasteiger partial charge in [0, 0.05) is 24.5 Å². The van der Waals surface area contributed by atoms with Crippen LogP contribution >= 0.6 is 11.3 Å². The quantitative estimate of drug-likeness (QED) is 0.842. The third kappa shape index (κ3) is 5.69. The van der Waals surface area contributed by atoms with Crippen LogP contribution in [0.5, 0.6) is 0 Å². The van der Waals surface area contributed by atoms with Crippen molar-refractivity contribution in [2.45, 2.75) is 26.6 Å². The van der Waals surface area contributed by atoms with E-state index in [1.807, 2.05) is 23.3 Å². The average molecular weight is 331 g/mol. The summed E-state index contributed by atoms with van der Waals surface area (Å²) in [5, 5.41) is 5.04. The predicted molar refractivity (Wildman–Crippen MR) is 96.5 cm³/mol. The van der Waals surface area contributed by atoms with Crippen molar-refractivity contribution < 1.29 is 4.79 Å². The van der Waals surface area contributed by atoms with Gasteiger partial charge in [-0.2, -0.15) is 0 Å². The standard InChI is InChI=1S/C18H25N3OS/c1-4-21(14-17-6-5-11-23-17)18(22)19-12-15-7-9-16(10-8-15)13-20(2)3/h5-11H,4,12-14H2,1-3H3,(H,19,22). The molecule has 0 bridgehead atoms. The van der Waals surface area contributed by atoms with Crippen LogP contribution in [0, 0.1) is 0 Å². The summed E-state index contributed by atoms with van der Waals surface area (Å²) in [4.78, 5) is 17.5. The van der Waals surface area contributed by atoms with E-state index in [9.17, 15) is 4.79 Å². The first-order valence-corrected chi connectivity index (χ1v) is 8.74. The zero-order chi connectivity index (χ0) is 16.7. The molecule has 0 aliphatic heterocycles. The molecule has 1 N–H and O–H groups in total. The van der Waals surface area contributed by atoms with Crippen LogP contribution in [0.4, 0.5) is 4.79 Å². The second-order valence-corrected chi connectivity index (χ2v) is 6.84. The molecule has 0 atom stereocenters. The number of hydrogen-bond acceptors (Lipinski definition) is 3. The molecule has 1 aromatic carbocycles. The van der Waals surface area contributed by atoms with Gasteiger partial charge >= 0.3 is 6.03 Å². The van der Waals surface area contributed by atoms with Crippen molar-refractivity contribution >= 4 is 17.4 Å². The fourth-order valence-corrected chi connectivity index (χ4v) is 3.05. The normalized spacial score (nSPS) is 10.8. The van der Waals surface area contributed by atoms with Crippen LogP contribution in [-0.4, -0.2) is 36.5 Å². The molecule has 0 saturated carbocycles. The first-order valence-electron chi connectivity index (χ1n) is 7.86. The number of benzene rings is 1. The number of urea groups is 1. The second-order valence-electron chi connectivity index (χ2n) is 5.81. The van der Waals surface area contributed by atoms with E-state index >= 15 is 0 Å². The van der Waals surface area contributed by atoms with Gasteiger partial charge in [0.05, 0.1) is 6.54 Å². The van der Waals surface area contributed by atoms with Crippen LogP contribution in [0.3, 0.4) is 0 Å². The summed E-state index contributed by atoms with van der Waals surface area (Å²) in [6.07, 6.45) is 0. The topological polar surface area (TPSA) is 35.6 Å². The number of nitrogens with zero attached hydrogens (tertiary/aromatic N) is 2. The molecule has 4 nitrogen and oxygen atoms in total. The Labute approximate surface area is 142 Å². The minimum absolute atomic E-state index is 0.0155. The zero-order valence-corrected chi connectivity index (χ0v) is 14.9. The first-order chi connectivity index (χ1) is 11.1. The van der Waals surface area contributed by atoms with E-state index in [0.717, 1.165) is 12.1 Å². The Kier molecular flexibility index (Phi) is 6.62. The van der Waals surface area contributed by atoms with Crippen LogP contribution in [0.1, 0.15) is 22.9 Å². The number of rotatable bonds is 7. The van der Waals surface area contributed by atoms with Gasteiger partial charge in [0.15, 0.2) is 0 Å². The van der Waals surface area contributed by atoms with Crippen molar-refractivity contribution in [2.75, 3.05) is 20.6 Å². The van der Waals surface area contributed by atoms with Crippen molar-refractivity contribution in [1.29, 1.82) is 0 Å². The molecule has 2 amide bonds. The maximum atomic E-state index is 12.3. The van der Waals surface area contributed by atoms with E-state index in [1.165, 1.54) is 10.4 Å². The highest BCUT2D eigenvalue weighted by atomic mass is 32.1. The van der Waals surface area contributed by atoms with Gasteiger partial charge in [0.1, 0.15) is 0 Å². The lowest BCUT2D eigenvalue weighted by Gasteiger charge is -2.20. The number of carbonyl (C=O) groups excluding carboxylic acids is 1. The molecule has 0 radical (unpaired) electrons. The molecule has 5 heteroatoms. The third-order valence-corrected chi connectivity index (χ3v) is 4.42. The van der Waals surface area contributed by atoms with Crippen LogP contribution < -0.4 is 5.32 Å².